The topological polar surface area (TPSA) is 25.9 Å². The standard InChI is InChI=1S/C27H43N5/c1-2-5-23(4-1)30-18-20-31(21-19-30)25-8-9-26(28-22-25)32-16-12-27(13-17-32)10-14-29(15-11-27)24-6-3-7-24/h8-9,22-24H,1-7,10-21H2. The van der Waals surface area contributed by atoms with Crippen molar-refractivity contribution in [3.8, 4) is 0 Å². The van der Waals surface area contributed by atoms with Crippen LogP contribution in [0, 0.1) is 5.41 Å². The Morgan fingerprint density at radius 2 is 1.22 bits per heavy atom. The number of nitrogens with zero attached hydrogens (tertiary/aromatic N) is 5. The van der Waals surface area contributed by atoms with E-state index in [1.807, 2.05) is 0 Å². The zero-order valence-corrected chi connectivity index (χ0v) is 20.1. The number of piperidine rings is 2. The van der Waals surface area contributed by atoms with Gasteiger partial charge < -0.3 is 14.7 Å². The average Bonchev–Trinajstić information content (AvgIpc) is 3.36. The first-order valence-electron chi connectivity index (χ1n) is 13.7. The highest BCUT2D eigenvalue weighted by Crippen LogP contribution is 2.43. The van der Waals surface area contributed by atoms with Gasteiger partial charge in [-0.15, -0.1) is 0 Å². The second kappa shape index (κ2) is 9.13. The highest BCUT2D eigenvalue weighted by Gasteiger charge is 2.39. The normalized spacial score (nSPS) is 28.4. The van der Waals surface area contributed by atoms with Gasteiger partial charge in [-0.2, -0.15) is 0 Å². The fraction of sp³-hybridized carbons (Fsp3) is 0.815. The van der Waals surface area contributed by atoms with Gasteiger partial charge in [0, 0.05) is 51.4 Å². The quantitative estimate of drug-likeness (QED) is 0.696. The van der Waals surface area contributed by atoms with Crippen molar-refractivity contribution in [1.82, 2.24) is 14.8 Å². The maximum Gasteiger partial charge on any atom is 0.128 e. The molecule has 4 heterocycles. The molecule has 0 unspecified atom stereocenters. The minimum absolute atomic E-state index is 0.621. The first kappa shape index (κ1) is 21.2. The average molecular weight is 438 g/mol. The van der Waals surface area contributed by atoms with Crippen molar-refractivity contribution in [3.05, 3.63) is 18.3 Å². The van der Waals surface area contributed by atoms with Gasteiger partial charge in [-0.1, -0.05) is 19.3 Å². The smallest absolute Gasteiger partial charge is 0.128 e. The Balaban J connectivity index is 0.988. The summed E-state index contributed by atoms with van der Waals surface area (Å²) in [4.78, 5) is 15.6. The van der Waals surface area contributed by atoms with Crippen LogP contribution in [0.1, 0.15) is 70.6 Å². The Morgan fingerprint density at radius 3 is 1.78 bits per heavy atom. The number of anilines is 2. The van der Waals surface area contributed by atoms with Crippen molar-refractivity contribution in [2.45, 2.75) is 82.7 Å². The van der Waals surface area contributed by atoms with E-state index >= 15 is 0 Å². The van der Waals surface area contributed by atoms with E-state index in [4.69, 9.17) is 4.98 Å². The largest absolute Gasteiger partial charge is 0.368 e. The summed E-state index contributed by atoms with van der Waals surface area (Å²) in [6.07, 6.45) is 17.8. The van der Waals surface area contributed by atoms with Crippen molar-refractivity contribution >= 4 is 11.5 Å². The van der Waals surface area contributed by atoms with Crippen LogP contribution in [0.25, 0.3) is 0 Å². The summed E-state index contributed by atoms with van der Waals surface area (Å²) in [7, 11) is 0. The molecule has 5 heteroatoms. The lowest BCUT2D eigenvalue weighted by Crippen LogP contribution is -2.51. The number of likely N-dealkylation sites (tertiary alicyclic amines) is 1. The van der Waals surface area contributed by atoms with E-state index in [9.17, 15) is 0 Å². The Kier molecular flexibility index (Phi) is 6.06. The molecule has 32 heavy (non-hydrogen) atoms. The van der Waals surface area contributed by atoms with Crippen LogP contribution in [-0.2, 0) is 0 Å². The lowest BCUT2D eigenvalue weighted by atomic mass is 9.70. The molecule has 2 saturated carbocycles. The van der Waals surface area contributed by atoms with Crippen LogP contribution in [0.2, 0.25) is 0 Å². The Bertz CT molecular complexity index is 728. The van der Waals surface area contributed by atoms with Gasteiger partial charge in [0.2, 0.25) is 0 Å². The van der Waals surface area contributed by atoms with E-state index in [1.165, 1.54) is 121 Å². The monoisotopic (exact) mass is 437 g/mol. The molecule has 0 amide bonds. The third-order valence-electron chi connectivity index (χ3n) is 9.85. The molecular formula is C27H43N5. The first-order valence-corrected chi connectivity index (χ1v) is 13.7. The van der Waals surface area contributed by atoms with E-state index in [-0.39, 0.29) is 0 Å². The SMILES string of the molecule is c1cc(N2CCC3(CC2)CCN(C2CCC2)CC3)ncc1N1CCN(C2CCCC2)CC1. The number of hydrogen-bond donors (Lipinski definition) is 0. The maximum absolute atomic E-state index is 4.92. The zero-order valence-electron chi connectivity index (χ0n) is 20.1. The molecule has 5 fully saturated rings. The van der Waals surface area contributed by atoms with Crippen LogP contribution in [0.15, 0.2) is 18.3 Å². The van der Waals surface area contributed by atoms with Gasteiger partial charge >= 0.3 is 0 Å². The van der Waals surface area contributed by atoms with Gasteiger partial charge in [0.1, 0.15) is 5.82 Å². The zero-order chi connectivity index (χ0) is 21.4. The molecule has 176 valence electrons. The summed E-state index contributed by atoms with van der Waals surface area (Å²) in [6, 6.07) is 6.41. The van der Waals surface area contributed by atoms with Crippen molar-refractivity contribution in [3.63, 3.8) is 0 Å². The minimum atomic E-state index is 0.621. The van der Waals surface area contributed by atoms with Crippen LogP contribution in [0.5, 0.6) is 0 Å². The number of hydrogen-bond acceptors (Lipinski definition) is 5. The molecule has 1 spiro atoms. The highest BCUT2D eigenvalue weighted by molar-refractivity contribution is 5.51. The Labute approximate surface area is 195 Å². The third-order valence-corrected chi connectivity index (χ3v) is 9.85. The molecular weight excluding hydrogens is 394 g/mol. The van der Waals surface area contributed by atoms with Gasteiger partial charge in [-0.05, 0) is 82.0 Å². The van der Waals surface area contributed by atoms with Gasteiger partial charge in [0.05, 0.1) is 11.9 Å². The summed E-state index contributed by atoms with van der Waals surface area (Å²) in [5, 5.41) is 0. The molecule has 2 aliphatic carbocycles. The maximum atomic E-state index is 4.92. The van der Waals surface area contributed by atoms with Gasteiger partial charge in [-0.3, -0.25) is 4.90 Å². The van der Waals surface area contributed by atoms with Gasteiger partial charge in [0.25, 0.3) is 0 Å². The predicted octanol–water partition coefficient (Wildman–Crippen LogP) is 4.38. The van der Waals surface area contributed by atoms with Crippen LogP contribution in [0.3, 0.4) is 0 Å². The number of aromatic nitrogens is 1. The van der Waals surface area contributed by atoms with E-state index in [0.29, 0.717) is 5.41 Å². The molecule has 5 aliphatic rings. The van der Waals surface area contributed by atoms with Crippen LogP contribution in [-0.4, -0.2) is 79.2 Å². The molecule has 6 rings (SSSR count). The predicted molar refractivity (Wildman–Crippen MR) is 133 cm³/mol. The fourth-order valence-electron chi connectivity index (χ4n) is 7.19. The van der Waals surface area contributed by atoms with Crippen LogP contribution in [0.4, 0.5) is 11.5 Å². The van der Waals surface area contributed by atoms with Gasteiger partial charge in [-0.25, -0.2) is 4.98 Å². The molecule has 0 atom stereocenters. The molecule has 0 bridgehead atoms. The third kappa shape index (κ3) is 4.27. The van der Waals surface area contributed by atoms with Crippen molar-refractivity contribution in [2.24, 2.45) is 5.41 Å². The summed E-state index contributed by atoms with van der Waals surface area (Å²) in [5.74, 6) is 1.19. The van der Waals surface area contributed by atoms with Crippen molar-refractivity contribution in [1.29, 1.82) is 0 Å². The number of rotatable bonds is 4. The second-order valence-electron chi connectivity index (χ2n) is 11.4. The van der Waals surface area contributed by atoms with Crippen molar-refractivity contribution in [2.75, 3.05) is 62.2 Å². The van der Waals surface area contributed by atoms with E-state index in [2.05, 4.69) is 37.9 Å². The molecule has 0 N–H and O–H groups in total. The number of piperazine rings is 1. The molecule has 0 radical (unpaired) electrons. The highest BCUT2D eigenvalue weighted by atomic mass is 15.3. The van der Waals surface area contributed by atoms with Crippen molar-refractivity contribution < 1.29 is 0 Å². The van der Waals surface area contributed by atoms with E-state index in [0.717, 1.165) is 25.2 Å². The molecule has 1 aromatic rings. The lowest BCUT2D eigenvalue weighted by molar-refractivity contribution is 0.0305. The molecule has 3 aliphatic heterocycles. The first-order chi connectivity index (χ1) is 15.8. The number of pyridine rings is 1. The van der Waals surface area contributed by atoms with Crippen LogP contribution < -0.4 is 9.80 Å². The van der Waals surface area contributed by atoms with E-state index < -0.39 is 0 Å². The Hall–Kier alpha value is -1.33. The van der Waals surface area contributed by atoms with Gasteiger partial charge in [0.15, 0.2) is 0 Å². The Morgan fingerprint density at radius 1 is 0.625 bits per heavy atom. The molecule has 0 aromatic carbocycles. The summed E-state index contributed by atoms with van der Waals surface area (Å²) >= 11 is 0. The minimum Gasteiger partial charge on any atom is -0.368 e. The summed E-state index contributed by atoms with van der Waals surface area (Å²) < 4.78 is 0. The van der Waals surface area contributed by atoms with E-state index in [1.54, 1.807) is 0 Å². The molecule has 5 nitrogen and oxygen atoms in total. The second-order valence-corrected chi connectivity index (χ2v) is 11.4. The van der Waals surface area contributed by atoms with Crippen LogP contribution >= 0.6 is 0 Å². The molecule has 3 saturated heterocycles. The fourth-order valence-corrected chi connectivity index (χ4v) is 7.19. The summed E-state index contributed by atoms with van der Waals surface area (Å²) in [5.41, 5.74) is 1.94. The molecule has 1 aromatic heterocycles. The summed E-state index contributed by atoms with van der Waals surface area (Å²) in [6.45, 7) is 9.84. The lowest BCUT2D eigenvalue weighted by Gasteiger charge is -2.50.